The van der Waals surface area contributed by atoms with Crippen LogP contribution in [0.25, 0.3) is 33.5 Å². The SMILES string of the molecule is COc1ncc(-c2cccc(CO)c2)cc1-c1nc2cc(N3CCN(OC(C)(C)C)CC3)ccc2[nH]1. The normalized spacial score (nSPS) is 15.0. The highest BCUT2D eigenvalue weighted by atomic mass is 16.7. The summed E-state index contributed by atoms with van der Waals surface area (Å²) < 4.78 is 5.56. The molecule has 1 fully saturated rings. The van der Waals surface area contributed by atoms with E-state index in [-0.39, 0.29) is 12.2 Å². The number of H-pyrrole nitrogens is 1. The molecule has 1 aliphatic rings. The fraction of sp³-hybridized carbons (Fsp3) is 0.357. The van der Waals surface area contributed by atoms with Crippen molar-refractivity contribution in [3.05, 3.63) is 60.3 Å². The number of hydroxylamine groups is 2. The molecule has 2 aromatic carbocycles. The minimum Gasteiger partial charge on any atom is -0.480 e. The molecule has 5 rings (SSSR count). The Morgan fingerprint density at radius 3 is 2.53 bits per heavy atom. The number of imidazole rings is 1. The van der Waals surface area contributed by atoms with E-state index in [2.05, 4.69) is 58.9 Å². The molecular weight excluding hydrogens is 454 g/mol. The van der Waals surface area contributed by atoms with Gasteiger partial charge in [-0.2, -0.15) is 5.06 Å². The number of fused-ring (bicyclic) bond motifs is 1. The fourth-order valence-electron chi connectivity index (χ4n) is 4.53. The lowest BCUT2D eigenvalue weighted by Crippen LogP contribution is -2.48. The summed E-state index contributed by atoms with van der Waals surface area (Å²) in [5, 5.41) is 11.6. The van der Waals surface area contributed by atoms with Crippen LogP contribution in [0.5, 0.6) is 5.88 Å². The first-order valence-electron chi connectivity index (χ1n) is 12.3. The summed E-state index contributed by atoms with van der Waals surface area (Å²) in [6.07, 6.45) is 1.78. The Morgan fingerprint density at radius 2 is 1.81 bits per heavy atom. The van der Waals surface area contributed by atoms with Crippen molar-refractivity contribution in [2.45, 2.75) is 33.0 Å². The average Bonchev–Trinajstić information content (AvgIpc) is 3.31. The molecule has 0 saturated carbocycles. The predicted octanol–water partition coefficient (Wildman–Crippen LogP) is 4.64. The summed E-state index contributed by atoms with van der Waals surface area (Å²) in [6, 6.07) is 16.2. The minimum absolute atomic E-state index is 0.00511. The maximum Gasteiger partial charge on any atom is 0.224 e. The van der Waals surface area contributed by atoms with Crippen LogP contribution in [0.3, 0.4) is 0 Å². The largest absolute Gasteiger partial charge is 0.480 e. The van der Waals surface area contributed by atoms with E-state index in [0.717, 1.165) is 65.2 Å². The number of pyridine rings is 1. The number of benzene rings is 2. The fourth-order valence-corrected chi connectivity index (χ4v) is 4.53. The van der Waals surface area contributed by atoms with Gasteiger partial charge in [-0.05, 0) is 62.2 Å². The van der Waals surface area contributed by atoms with Gasteiger partial charge in [0.05, 0.1) is 35.9 Å². The molecule has 0 spiro atoms. The van der Waals surface area contributed by atoms with Gasteiger partial charge < -0.3 is 19.7 Å². The number of aromatic nitrogens is 3. The topological polar surface area (TPSA) is 86.7 Å². The quantitative estimate of drug-likeness (QED) is 0.410. The van der Waals surface area contributed by atoms with Crippen LogP contribution in [0, 0.1) is 0 Å². The first-order valence-corrected chi connectivity index (χ1v) is 12.3. The van der Waals surface area contributed by atoms with Crippen molar-refractivity contribution in [1.82, 2.24) is 20.0 Å². The average molecular weight is 488 g/mol. The van der Waals surface area contributed by atoms with Crippen LogP contribution < -0.4 is 9.64 Å². The number of aliphatic hydroxyl groups is 1. The Kier molecular flexibility index (Phi) is 6.66. The van der Waals surface area contributed by atoms with Gasteiger partial charge in [-0.25, -0.2) is 9.97 Å². The van der Waals surface area contributed by atoms with Crippen molar-refractivity contribution in [3.63, 3.8) is 0 Å². The predicted molar refractivity (Wildman–Crippen MR) is 142 cm³/mol. The van der Waals surface area contributed by atoms with Crippen LogP contribution in [0.4, 0.5) is 5.69 Å². The lowest BCUT2D eigenvalue weighted by atomic mass is 10.0. The molecule has 0 bridgehead atoms. The number of nitrogens with one attached hydrogen (secondary N) is 1. The van der Waals surface area contributed by atoms with Crippen LogP contribution >= 0.6 is 0 Å². The first kappa shape index (κ1) is 24.2. The van der Waals surface area contributed by atoms with E-state index >= 15 is 0 Å². The molecule has 4 aromatic rings. The molecule has 1 saturated heterocycles. The number of piperazine rings is 1. The molecule has 2 aromatic heterocycles. The van der Waals surface area contributed by atoms with E-state index in [9.17, 15) is 5.11 Å². The van der Waals surface area contributed by atoms with E-state index < -0.39 is 0 Å². The molecule has 8 heteroatoms. The Bertz CT molecular complexity index is 1350. The molecule has 2 N–H and O–H groups in total. The van der Waals surface area contributed by atoms with E-state index in [1.807, 2.05) is 30.3 Å². The number of aromatic amines is 1. The van der Waals surface area contributed by atoms with Crippen molar-refractivity contribution < 1.29 is 14.7 Å². The second kappa shape index (κ2) is 9.89. The minimum atomic E-state index is -0.179. The van der Waals surface area contributed by atoms with Crippen LogP contribution in [0.15, 0.2) is 54.7 Å². The Hall–Kier alpha value is -3.46. The highest BCUT2D eigenvalue weighted by Gasteiger charge is 2.23. The monoisotopic (exact) mass is 487 g/mol. The summed E-state index contributed by atoms with van der Waals surface area (Å²) in [5.74, 6) is 1.21. The Balaban J connectivity index is 1.41. The summed E-state index contributed by atoms with van der Waals surface area (Å²) >= 11 is 0. The van der Waals surface area contributed by atoms with E-state index in [4.69, 9.17) is 14.6 Å². The molecule has 0 amide bonds. The molecule has 0 radical (unpaired) electrons. The van der Waals surface area contributed by atoms with Crippen molar-refractivity contribution in [2.24, 2.45) is 0 Å². The molecule has 1 aliphatic heterocycles. The number of hydrogen-bond donors (Lipinski definition) is 2. The van der Waals surface area contributed by atoms with Crippen LogP contribution in [-0.4, -0.2) is 64.0 Å². The smallest absolute Gasteiger partial charge is 0.224 e. The van der Waals surface area contributed by atoms with E-state index in [1.54, 1.807) is 13.3 Å². The summed E-state index contributed by atoms with van der Waals surface area (Å²) in [5.41, 5.74) is 6.37. The maximum atomic E-state index is 9.52. The Morgan fingerprint density at radius 1 is 1.00 bits per heavy atom. The van der Waals surface area contributed by atoms with Gasteiger partial charge in [0.2, 0.25) is 5.88 Å². The lowest BCUT2D eigenvalue weighted by Gasteiger charge is -2.38. The summed E-state index contributed by atoms with van der Waals surface area (Å²) in [7, 11) is 1.61. The number of hydrogen-bond acceptors (Lipinski definition) is 7. The molecule has 8 nitrogen and oxygen atoms in total. The molecule has 0 aliphatic carbocycles. The number of aliphatic hydroxyl groups excluding tert-OH is 1. The maximum absolute atomic E-state index is 9.52. The van der Waals surface area contributed by atoms with Crippen molar-refractivity contribution >= 4 is 16.7 Å². The van der Waals surface area contributed by atoms with Gasteiger partial charge in [0.15, 0.2) is 0 Å². The van der Waals surface area contributed by atoms with Gasteiger partial charge in [-0.1, -0.05) is 18.2 Å². The highest BCUT2D eigenvalue weighted by molar-refractivity contribution is 5.84. The number of anilines is 1. The molecular formula is C28H33N5O3. The van der Waals surface area contributed by atoms with E-state index in [0.29, 0.717) is 11.7 Å². The number of methoxy groups -OCH3 is 1. The van der Waals surface area contributed by atoms with Crippen molar-refractivity contribution in [2.75, 3.05) is 38.2 Å². The van der Waals surface area contributed by atoms with Gasteiger partial charge in [-0.3, -0.25) is 4.84 Å². The van der Waals surface area contributed by atoms with Gasteiger partial charge in [0, 0.05) is 43.6 Å². The van der Waals surface area contributed by atoms with Crippen molar-refractivity contribution in [1.29, 1.82) is 0 Å². The third kappa shape index (κ3) is 5.21. The standard InChI is InChI=1S/C28H33N5O3/c1-28(2,3)36-33-12-10-32(11-13-33)22-8-9-24-25(16-22)31-26(30-24)23-15-21(17-29-27(23)35-4)20-7-5-6-19(14-20)18-34/h5-9,14-17,34H,10-13,18H2,1-4H3,(H,30,31). The third-order valence-electron chi connectivity index (χ3n) is 6.22. The van der Waals surface area contributed by atoms with Crippen LogP contribution in [-0.2, 0) is 11.4 Å². The van der Waals surface area contributed by atoms with Crippen molar-refractivity contribution in [3.8, 4) is 28.4 Å². The molecule has 0 atom stereocenters. The molecule has 0 unspecified atom stereocenters. The van der Waals surface area contributed by atoms with Gasteiger partial charge >= 0.3 is 0 Å². The zero-order valence-electron chi connectivity index (χ0n) is 21.3. The lowest BCUT2D eigenvalue weighted by molar-refractivity contribution is -0.230. The number of ether oxygens (including phenoxy) is 1. The van der Waals surface area contributed by atoms with Gasteiger partial charge in [-0.15, -0.1) is 0 Å². The second-order valence-corrected chi connectivity index (χ2v) is 10.0. The second-order valence-electron chi connectivity index (χ2n) is 10.0. The Labute approximate surface area is 211 Å². The number of rotatable bonds is 6. The molecule has 36 heavy (non-hydrogen) atoms. The zero-order valence-corrected chi connectivity index (χ0v) is 21.3. The summed E-state index contributed by atoms with van der Waals surface area (Å²) in [6.45, 7) is 9.73. The van der Waals surface area contributed by atoms with Gasteiger partial charge in [0.1, 0.15) is 5.82 Å². The molecule has 3 heterocycles. The first-order chi connectivity index (χ1) is 17.3. The molecule has 188 valence electrons. The number of nitrogens with zero attached hydrogens (tertiary/aromatic N) is 4. The van der Waals surface area contributed by atoms with Gasteiger partial charge in [0.25, 0.3) is 0 Å². The zero-order chi connectivity index (χ0) is 25.3. The van der Waals surface area contributed by atoms with Crippen LogP contribution in [0.2, 0.25) is 0 Å². The highest BCUT2D eigenvalue weighted by Crippen LogP contribution is 2.33. The third-order valence-corrected chi connectivity index (χ3v) is 6.22. The van der Waals surface area contributed by atoms with Crippen LogP contribution in [0.1, 0.15) is 26.3 Å². The summed E-state index contributed by atoms with van der Waals surface area (Å²) in [4.78, 5) is 21.3. The van der Waals surface area contributed by atoms with E-state index in [1.165, 1.54) is 0 Å².